The molecule has 0 aliphatic heterocycles. The van der Waals surface area contributed by atoms with Gasteiger partial charge in [0, 0.05) is 12.3 Å². The number of aliphatic hydroxyl groups is 3. The number of halogens is 2. The second kappa shape index (κ2) is 19.8. The van der Waals surface area contributed by atoms with E-state index in [0.29, 0.717) is 21.7 Å². The lowest BCUT2D eigenvalue weighted by atomic mass is 9.88. The van der Waals surface area contributed by atoms with Crippen molar-refractivity contribution in [1.82, 2.24) is 10.6 Å². The van der Waals surface area contributed by atoms with E-state index < -0.39 is 42.2 Å². The van der Waals surface area contributed by atoms with Gasteiger partial charge in [0.25, 0.3) is 5.91 Å². The van der Waals surface area contributed by atoms with E-state index in [1.165, 1.54) is 0 Å². The summed E-state index contributed by atoms with van der Waals surface area (Å²) in [7, 11) is 0. The van der Waals surface area contributed by atoms with Crippen LogP contribution in [0.25, 0.3) is 0 Å². The Morgan fingerprint density at radius 3 is 1.55 bits per heavy atom. The van der Waals surface area contributed by atoms with Crippen LogP contribution in [-0.2, 0) is 16.0 Å². The van der Waals surface area contributed by atoms with Crippen LogP contribution in [0.15, 0.2) is 140 Å². The van der Waals surface area contributed by atoms with Crippen LogP contribution in [-0.4, -0.2) is 45.4 Å². The van der Waals surface area contributed by atoms with Gasteiger partial charge in [-0.25, -0.2) is 0 Å². The van der Waals surface area contributed by atoms with Gasteiger partial charge in [-0.15, -0.1) is 0 Å². The normalized spacial score (nSPS) is 13.8. The quantitative estimate of drug-likeness (QED) is 0.0799. The SMILES string of the molecule is C.C.O=C(CC(c1ccccc1)c1ccccc1)NC(Cc1ccc(Cl)c(Cl)c1)C(O)C(O)C(=O)NC(c1ccccc1)C(O)c1ccccc1. The van der Waals surface area contributed by atoms with E-state index in [0.717, 1.165) is 11.1 Å². The molecule has 7 nitrogen and oxygen atoms in total. The molecule has 5 aromatic carbocycles. The van der Waals surface area contributed by atoms with Crippen molar-refractivity contribution in [1.29, 1.82) is 0 Å². The Kier molecular flexibility index (Phi) is 15.9. The summed E-state index contributed by atoms with van der Waals surface area (Å²) >= 11 is 12.4. The van der Waals surface area contributed by atoms with Gasteiger partial charge in [0.2, 0.25) is 5.91 Å². The highest BCUT2D eigenvalue weighted by atomic mass is 35.5. The van der Waals surface area contributed by atoms with Gasteiger partial charge in [-0.1, -0.05) is 165 Å². The molecule has 5 aromatic rings. The number of hydrogen-bond acceptors (Lipinski definition) is 5. The second-order valence-electron chi connectivity index (χ2n) is 11.9. The first kappa shape index (κ1) is 40.9. The number of carbonyl (C=O) groups excluding carboxylic acids is 2. The maximum atomic E-state index is 13.7. The molecule has 268 valence electrons. The van der Waals surface area contributed by atoms with Gasteiger partial charge >= 0.3 is 0 Å². The molecule has 51 heavy (non-hydrogen) atoms. The van der Waals surface area contributed by atoms with E-state index in [2.05, 4.69) is 10.6 Å². The average molecular weight is 730 g/mol. The zero-order valence-corrected chi connectivity index (χ0v) is 28.1. The average Bonchev–Trinajstić information content (AvgIpc) is 3.14. The van der Waals surface area contributed by atoms with Crippen LogP contribution in [0.5, 0.6) is 0 Å². The minimum atomic E-state index is -1.97. The number of aliphatic hydroxyl groups excluding tert-OH is 3. The third-order valence-electron chi connectivity index (χ3n) is 8.50. The van der Waals surface area contributed by atoms with Crippen molar-refractivity contribution in [2.75, 3.05) is 0 Å². The zero-order valence-electron chi connectivity index (χ0n) is 26.6. The Morgan fingerprint density at radius 1 is 0.588 bits per heavy atom. The third kappa shape index (κ3) is 11.0. The molecule has 0 heterocycles. The molecule has 5 N–H and O–H groups in total. The van der Waals surface area contributed by atoms with E-state index in [-0.39, 0.29) is 38.6 Å². The molecule has 0 aliphatic carbocycles. The highest BCUT2D eigenvalue weighted by Gasteiger charge is 2.35. The first-order valence-corrected chi connectivity index (χ1v) is 16.7. The maximum Gasteiger partial charge on any atom is 0.252 e. The Hall–Kier alpha value is -4.50. The first-order chi connectivity index (χ1) is 23.7. The van der Waals surface area contributed by atoms with Crippen molar-refractivity contribution in [3.63, 3.8) is 0 Å². The molecular formula is C42H46Cl2N2O5. The van der Waals surface area contributed by atoms with Crippen LogP contribution < -0.4 is 10.6 Å². The smallest absolute Gasteiger partial charge is 0.252 e. The second-order valence-corrected chi connectivity index (χ2v) is 12.7. The lowest BCUT2D eigenvalue weighted by molar-refractivity contribution is -0.139. The Bertz CT molecular complexity index is 1760. The summed E-state index contributed by atoms with van der Waals surface area (Å²) in [4.78, 5) is 27.4. The molecule has 0 radical (unpaired) electrons. The lowest BCUT2D eigenvalue weighted by Crippen LogP contribution is -2.55. The summed E-state index contributed by atoms with van der Waals surface area (Å²) < 4.78 is 0. The fourth-order valence-electron chi connectivity index (χ4n) is 5.89. The van der Waals surface area contributed by atoms with E-state index in [1.807, 2.05) is 72.8 Å². The molecule has 9 heteroatoms. The minimum Gasteiger partial charge on any atom is -0.388 e. The fourth-order valence-corrected chi connectivity index (χ4v) is 6.21. The van der Waals surface area contributed by atoms with Gasteiger partial charge in [-0.05, 0) is 46.4 Å². The summed E-state index contributed by atoms with van der Waals surface area (Å²) in [6.45, 7) is 0. The largest absolute Gasteiger partial charge is 0.388 e. The summed E-state index contributed by atoms with van der Waals surface area (Å²) in [5.41, 5.74) is 3.66. The highest BCUT2D eigenvalue weighted by molar-refractivity contribution is 6.42. The topological polar surface area (TPSA) is 119 Å². The summed E-state index contributed by atoms with van der Waals surface area (Å²) in [5.74, 6) is -1.60. The third-order valence-corrected chi connectivity index (χ3v) is 9.24. The number of carbonyl (C=O) groups is 2. The lowest BCUT2D eigenvalue weighted by Gasteiger charge is -2.30. The van der Waals surface area contributed by atoms with Gasteiger partial charge in [0.1, 0.15) is 12.2 Å². The molecule has 2 amide bonds. The first-order valence-electron chi connectivity index (χ1n) is 16.0. The van der Waals surface area contributed by atoms with Crippen molar-refractivity contribution in [3.05, 3.63) is 177 Å². The molecule has 0 spiro atoms. The predicted octanol–water partition coefficient (Wildman–Crippen LogP) is 7.83. The number of nitrogens with one attached hydrogen (secondary N) is 2. The van der Waals surface area contributed by atoms with Gasteiger partial charge < -0.3 is 26.0 Å². The monoisotopic (exact) mass is 728 g/mol. The van der Waals surface area contributed by atoms with E-state index in [9.17, 15) is 24.9 Å². The van der Waals surface area contributed by atoms with Gasteiger partial charge in [-0.2, -0.15) is 0 Å². The minimum absolute atomic E-state index is 0. The molecule has 5 unspecified atom stereocenters. The molecule has 0 fully saturated rings. The molecule has 0 bridgehead atoms. The molecule has 0 aliphatic rings. The number of benzene rings is 5. The van der Waals surface area contributed by atoms with Crippen molar-refractivity contribution in [3.8, 4) is 0 Å². The number of amides is 2. The predicted molar refractivity (Wildman–Crippen MR) is 206 cm³/mol. The molecule has 0 saturated carbocycles. The van der Waals surface area contributed by atoms with Crippen molar-refractivity contribution >= 4 is 35.0 Å². The van der Waals surface area contributed by atoms with Crippen LogP contribution >= 0.6 is 23.2 Å². The van der Waals surface area contributed by atoms with Crippen molar-refractivity contribution in [2.24, 2.45) is 0 Å². The van der Waals surface area contributed by atoms with E-state index in [1.54, 1.807) is 66.7 Å². The summed E-state index contributed by atoms with van der Waals surface area (Å²) in [6, 6.07) is 39.8. The van der Waals surface area contributed by atoms with Gasteiger partial charge in [0.05, 0.1) is 22.1 Å². The zero-order chi connectivity index (χ0) is 34.8. The fraction of sp³-hybridized carbons (Fsp3) is 0.238. The van der Waals surface area contributed by atoms with Crippen molar-refractivity contribution in [2.45, 2.75) is 64.0 Å². The van der Waals surface area contributed by atoms with Crippen LogP contribution in [0.2, 0.25) is 10.0 Å². The van der Waals surface area contributed by atoms with Gasteiger partial charge in [-0.3, -0.25) is 9.59 Å². The van der Waals surface area contributed by atoms with Crippen LogP contribution in [0.1, 0.15) is 67.2 Å². The Labute approximate surface area is 310 Å². The number of rotatable bonds is 14. The Morgan fingerprint density at radius 2 is 1.06 bits per heavy atom. The summed E-state index contributed by atoms with van der Waals surface area (Å²) in [6.07, 6.45) is -4.79. The van der Waals surface area contributed by atoms with E-state index >= 15 is 0 Å². The van der Waals surface area contributed by atoms with E-state index in [4.69, 9.17) is 23.2 Å². The maximum absolute atomic E-state index is 13.7. The number of hydrogen-bond donors (Lipinski definition) is 5. The van der Waals surface area contributed by atoms with Crippen LogP contribution in [0.3, 0.4) is 0 Å². The molecule has 5 rings (SSSR count). The van der Waals surface area contributed by atoms with Crippen molar-refractivity contribution < 1.29 is 24.9 Å². The Balaban J connectivity index is 0.00000351. The van der Waals surface area contributed by atoms with Gasteiger partial charge in [0.15, 0.2) is 6.10 Å². The summed E-state index contributed by atoms with van der Waals surface area (Å²) in [5, 5.41) is 40.4. The standard InChI is InChI=1S/C40H38Cl2N2O5.2CH4/c41-32-22-21-26(23-33(32)42)24-34(43-35(45)25-31(27-13-5-1-6-14-27)28-15-7-2-8-16-28)38(47)39(48)40(49)44-36(29-17-9-3-10-18-29)37(46)30-19-11-4-12-20-30;;/h1-23,31,34,36-39,46-48H,24-25H2,(H,43,45)(H,44,49);2*1H4. The molecule has 5 atom stereocenters. The van der Waals surface area contributed by atoms with Crippen LogP contribution in [0.4, 0.5) is 0 Å². The molecule has 0 saturated heterocycles. The highest BCUT2D eigenvalue weighted by Crippen LogP contribution is 2.30. The molecular weight excluding hydrogens is 683 g/mol. The molecule has 0 aromatic heterocycles. The van der Waals surface area contributed by atoms with Crippen LogP contribution in [0, 0.1) is 0 Å².